The number of aliphatic hydroxyl groups excluding tert-OH is 1. The summed E-state index contributed by atoms with van der Waals surface area (Å²) in [6.07, 6.45) is 5.96. The predicted molar refractivity (Wildman–Crippen MR) is 175 cm³/mol. The summed E-state index contributed by atoms with van der Waals surface area (Å²) in [5, 5.41) is 20.0. The second-order valence-electron chi connectivity index (χ2n) is 13.9. The third kappa shape index (κ3) is 7.30. The molecule has 1 aromatic carbocycles. The number of likely N-dealkylation sites (tertiary alicyclic amines) is 1. The number of carbonyl (C=O) groups is 2. The number of pyridine rings is 1. The van der Waals surface area contributed by atoms with Crippen molar-refractivity contribution in [3.63, 3.8) is 0 Å². The Bertz CT molecular complexity index is 1490. The molecular weight excluding hydrogens is 572 g/mol. The van der Waals surface area contributed by atoms with Gasteiger partial charge in [0.1, 0.15) is 10.3 Å². The molecule has 4 N–H and O–H groups in total. The lowest BCUT2D eigenvalue weighted by Crippen LogP contribution is -2.38. The highest BCUT2D eigenvalue weighted by Gasteiger charge is 2.30. The van der Waals surface area contributed by atoms with Crippen molar-refractivity contribution in [2.75, 3.05) is 38.0 Å². The molecule has 2 amide bonds. The Balaban J connectivity index is 1.20. The van der Waals surface area contributed by atoms with Crippen LogP contribution in [-0.2, 0) is 17.6 Å². The molecule has 2 saturated heterocycles. The molecule has 1 aliphatic carbocycles. The summed E-state index contributed by atoms with van der Waals surface area (Å²) in [4.78, 5) is 39.4. The molecule has 10 heteroatoms. The van der Waals surface area contributed by atoms with E-state index in [2.05, 4.69) is 47.7 Å². The monoisotopic (exact) mass is 618 g/mol. The van der Waals surface area contributed by atoms with Gasteiger partial charge in [0, 0.05) is 37.6 Å². The minimum absolute atomic E-state index is 0.0260. The summed E-state index contributed by atoms with van der Waals surface area (Å²) >= 11 is 1.36. The van der Waals surface area contributed by atoms with Crippen LogP contribution in [0.4, 0.5) is 5.69 Å². The number of hydrogen-bond donors (Lipinski definition) is 4. The molecular formula is C34H46N6O3S. The van der Waals surface area contributed by atoms with Crippen molar-refractivity contribution in [1.82, 2.24) is 25.5 Å². The molecule has 44 heavy (non-hydrogen) atoms. The number of hydrogen-bond acceptors (Lipinski definition) is 8. The minimum Gasteiger partial charge on any atom is -0.393 e. The largest absolute Gasteiger partial charge is 0.393 e. The van der Waals surface area contributed by atoms with Gasteiger partial charge >= 0.3 is 0 Å². The molecule has 0 bridgehead atoms. The van der Waals surface area contributed by atoms with Gasteiger partial charge in [0.2, 0.25) is 5.91 Å². The Hall–Kier alpha value is -2.92. The van der Waals surface area contributed by atoms with E-state index >= 15 is 0 Å². The third-order valence-corrected chi connectivity index (χ3v) is 10.7. The number of aryl methyl sites for hydroxylation is 1. The molecule has 0 saturated carbocycles. The van der Waals surface area contributed by atoms with E-state index in [4.69, 9.17) is 9.97 Å². The lowest BCUT2D eigenvalue weighted by Gasteiger charge is -2.34. The summed E-state index contributed by atoms with van der Waals surface area (Å²) in [6, 6.07) is 9.71. The number of carbonyl (C=O) groups excluding carboxylic acids is 2. The van der Waals surface area contributed by atoms with E-state index in [9.17, 15) is 14.7 Å². The summed E-state index contributed by atoms with van der Waals surface area (Å²) in [5.74, 6) is 0.401. The van der Waals surface area contributed by atoms with E-state index in [1.165, 1.54) is 16.9 Å². The zero-order valence-corrected chi connectivity index (χ0v) is 27.0. The van der Waals surface area contributed by atoms with Crippen LogP contribution in [-0.4, -0.2) is 70.6 Å². The highest BCUT2D eigenvalue weighted by atomic mass is 32.1. The third-order valence-electron chi connectivity index (χ3n) is 9.75. The number of piperidine rings is 1. The van der Waals surface area contributed by atoms with E-state index in [1.807, 2.05) is 24.3 Å². The number of aliphatic hydroxyl groups is 1. The molecule has 236 valence electrons. The van der Waals surface area contributed by atoms with Crippen molar-refractivity contribution in [1.29, 1.82) is 0 Å². The Morgan fingerprint density at radius 3 is 2.70 bits per heavy atom. The highest BCUT2D eigenvalue weighted by molar-refractivity contribution is 7.19. The van der Waals surface area contributed by atoms with Crippen molar-refractivity contribution in [3.05, 3.63) is 52.2 Å². The van der Waals surface area contributed by atoms with Crippen molar-refractivity contribution in [3.8, 4) is 0 Å². The fraction of sp³-hybridized carbons (Fsp3) is 0.588. The molecule has 4 heterocycles. The van der Waals surface area contributed by atoms with Crippen molar-refractivity contribution < 1.29 is 14.7 Å². The minimum atomic E-state index is -0.264. The molecule has 0 radical (unpaired) electrons. The quantitative estimate of drug-likeness (QED) is 0.289. The first-order valence-corrected chi connectivity index (χ1v) is 17.1. The fourth-order valence-electron chi connectivity index (χ4n) is 6.80. The molecule has 2 fully saturated rings. The number of benzene rings is 1. The molecule has 3 atom stereocenters. The Morgan fingerprint density at radius 1 is 1.14 bits per heavy atom. The zero-order chi connectivity index (χ0) is 30.8. The van der Waals surface area contributed by atoms with Gasteiger partial charge in [-0.05, 0) is 92.1 Å². The van der Waals surface area contributed by atoms with Crippen molar-refractivity contribution in [2.24, 2.45) is 17.3 Å². The Labute approximate surface area is 264 Å². The van der Waals surface area contributed by atoms with Crippen LogP contribution in [0.2, 0.25) is 0 Å². The number of rotatable bonds is 8. The molecule has 2 aromatic heterocycles. The van der Waals surface area contributed by atoms with Crippen LogP contribution in [0.1, 0.15) is 85.5 Å². The summed E-state index contributed by atoms with van der Waals surface area (Å²) in [5.41, 5.74) is 5.13. The smallest absolute Gasteiger partial charge is 0.280 e. The lowest BCUT2D eigenvalue weighted by molar-refractivity contribution is -0.119. The number of fused-ring (bicyclic) bond motifs is 2. The summed E-state index contributed by atoms with van der Waals surface area (Å²) in [7, 11) is 0. The normalized spacial score (nSPS) is 22.1. The van der Waals surface area contributed by atoms with Crippen LogP contribution >= 0.6 is 11.3 Å². The Morgan fingerprint density at radius 2 is 1.95 bits per heavy atom. The van der Waals surface area contributed by atoms with Crippen LogP contribution < -0.4 is 16.0 Å². The molecule has 1 unspecified atom stereocenters. The van der Waals surface area contributed by atoms with Crippen LogP contribution in [0.15, 0.2) is 30.3 Å². The van der Waals surface area contributed by atoms with Gasteiger partial charge in [-0.1, -0.05) is 44.2 Å². The van der Waals surface area contributed by atoms with E-state index < -0.39 is 0 Å². The molecule has 3 aromatic rings. The zero-order valence-electron chi connectivity index (χ0n) is 26.2. The molecule has 0 spiro atoms. The number of aromatic nitrogens is 2. The van der Waals surface area contributed by atoms with Crippen LogP contribution in [0.3, 0.4) is 0 Å². The van der Waals surface area contributed by atoms with Crippen LogP contribution in [0.25, 0.3) is 10.3 Å². The summed E-state index contributed by atoms with van der Waals surface area (Å²) < 4.78 is 0. The molecule has 2 aliphatic heterocycles. The van der Waals surface area contributed by atoms with E-state index in [-0.39, 0.29) is 35.3 Å². The van der Waals surface area contributed by atoms with Gasteiger partial charge in [-0.15, -0.1) is 0 Å². The number of amides is 2. The maximum Gasteiger partial charge on any atom is 0.280 e. The van der Waals surface area contributed by atoms with Gasteiger partial charge in [-0.25, -0.2) is 9.97 Å². The Kier molecular flexibility index (Phi) is 9.33. The average molecular weight is 619 g/mol. The standard InChI is InChI=1S/C34H46N6O3S/c1-34(2,3)24-7-8-27-23(17-24)19-29-32(38-27)44-33(39-29)31(43)37-28(12-16-40-14-10-26(41)11-15-40)21-5-4-6-25(18-21)36-30(42)22-9-13-35-20-22/h4-6,18-19,22,24,26,28,35,41H,7-17,20H2,1-3H3,(H,36,42)(H,37,43)/t22?,24-,28+/m0/s1. The number of nitrogens with zero attached hydrogens (tertiary/aromatic N) is 3. The topological polar surface area (TPSA) is 119 Å². The fourth-order valence-corrected chi connectivity index (χ4v) is 7.65. The van der Waals surface area contributed by atoms with Crippen LogP contribution in [0, 0.1) is 17.3 Å². The second kappa shape index (κ2) is 13.2. The van der Waals surface area contributed by atoms with Gasteiger partial charge < -0.3 is 26.0 Å². The van der Waals surface area contributed by atoms with Crippen molar-refractivity contribution in [2.45, 2.75) is 77.9 Å². The SMILES string of the molecule is CC(C)(C)[C@H]1CCc2nc3sc(C(=O)N[C@H](CCN4CCC(O)CC4)c4cccc(NC(=O)C5CCNC5)c4)nc3cc2C1. The molecule has 9 nitrogen and oxygen atoms in total. The van der Waals surface area contributed by atoms with Crippen molar-refractivity contribution >= 4 is 39.2 Å². The van der Waals surface area contributed by atoms with E-state index in [1.54, 1.807) is 0 Å². The lowest BCUT2D eigenvalue weighted by atomic mass is 9.71. The highest BCUT2D eigenvalue weighted by Crippen LogP contribution is 2.38. The van der Waals surface area contributed by atoms with E-state index in [0.29, 0.717) is 23.9 Å². The van der Waals surface area contributed by atoms with Gasteiger partial charge in [-0.3, -0.25) is 9.59 Å². The first-order valence-electron chi connectivity index (χ1n) is 16.2. The van der Waals surface area contributed by atoms with Gasteiger partial charge in [0.05, 0.1) is 18.1 Å². The maximum atomic E-state index is 13.7. The number of thiazole rings is 1. The average Bonchev–Trinajstić information content (AvgIpc) is 3.69. The maximum absolute atomic E-state index is 13.7. The number of nitrogens with one attached hydrogen (secondary N) is 3. The molecule has 6 rings (SSSR count). The predicted octanol–water partition coefficient (Wildman–Crippen LogP) is 4.71. The number of anilines is 1. The first-order chi connectivity index (χ1) is 21.1. The van der Waals surface area contributed by atoms with Gasteiger partial charge in [0.15, 0.2) is 5.01 Å². The first kappa shape index (κ1) is 31.1. The second-order valence-corrected chi connectivity index (χ2v) is 14.9. The van der Waals surface area contributed by atoms with Gasteiger partial charge in [-0.2, -0.15) is 0 Å². The van der Waals surface area contributed by atoms with Crippen LogP contribution in [0.5, 0.6) is 0 Å². The van der Waals surface area contributed by atoms with E-state index in [0.717, 1.165) is 92.0 Å². The van der Waals surface area contributed by atoms with Gasteiger partial charge in [0.25, 0.3) is 5.91 Å². The molecule has 3 aliphatic rings. The summed E-state index contributed by atoms with van der Waals surface area (Å²) in [6.45, 7) is 11.0.